The van der Waals surface area contributed by atoms with Gasteiger partial charge in [-0.1, -0.05) is 0 Å². The fourth-order valence-electron chi connectivity index (χ4n) is 2.37. The second-order valence-corrected chi connectivity index (χ2v) is 5.69. The minimum absolute atomic E-state index is 0. The summed E-state index contributed by atoms with van der Waals surface area (Å²) in [5.74, 6) is -0.467. The van der Waals surface area contributed by atoms with Crippen LogP contribution in [-0.4, -0.2) is 45.5 Å². The highest BCUT2D eigenvalue weighted by atomic mass is 127. The summed E-state index contributed by atoms with van der Waals surface area (Å²) in [7, 11) is 0. The van der Waals surface area contributed by atoms with E-state index in [9.17, 15) is 9.90 Å². The molecule has 3 heterocycles. The van der Waals surface area contributed by atoms with E-state index >= 15 is 0 Å². The van der Waals surface area contributed by atoms with Crippen LogP contribution >= 0.6 is 35.0 Å². The molecule has 0 spiro atoms. The second-order valence-electron chi connectivity index (χ2n) is 4.53. The summed E-state index contributed by atoms with van der Waals surface area (Å²) in [5.41, 5.74) is 0.111. The smallest absolute Gasteiger partial charge is 0.303 e. The van der Waals surface area contributed by atoms with Crippen molar-refractivity contribution in [2.75, 3.05) is 6.61 Å². The normalized spacial score (nSPS) is 29.1. The third kappa shape index (κ3) is 2.74. The molecule has 8 nitrogen and oxygen atoms in total. The van der Waals surface area contributed by atoms with E-state index in [1.807, 2.05) is 22.6 Å². The van der Waals surface area contributed by atoms with Crippen LogP contribution in [0, 0.1) is 8.98 Å². The van der Waals surface area contributed by atoms with Crippen molar-refractivity contribution in [3.63, 3.8) is 0 Å². The van der Waals surface area contributed by atoms with Crippen LogP contribution in [0.4, 0.5) is 0 Å². The van der Waals surface area contributed by atoms with Crippen LogP contribution in [0.2, 0.25) is 0 Å². The van der Waals surface area contributed by atoms with E-state index in [4.69, 9.17) is 19.6 Å². The molecule has 116 valence electrons. The van der Waals surface area contributed by atoms with Crippen molar-refractivity contribution < 1.29 is 24.1 Å². The predicted molar refractivity (Wildman–Crippen MR) is 79.0 cm³/mol. The zero-order valence-corrected chi connectivity index (χ0v) is 13.8. The summed E-state index contributed by atoms with van der Waals surface area (Å²) >= 11 is 1.99. The highest BCUT2D eigenvalue weighted by Crippen LogP contribution is 2.40. The predicted octanol–water partition coefficient (Wildman–Crippen LogP) is -0.0286. The van der Waals surface area contributed by atoms with Crippen LogP contribution in [0.5, 0.6) is 6.01 Å². The fraction of sp³-hybridized carbons (Fsp3) is 0.545. The molecule has 0 unspecified atom stereocenters. The van der Waals surface area contributed by atoms with E-state index in [2.05, 4.69) is 4.98 Å². The molecule has 0 bridgehead atoms. The molecular weight excluding hydrogens is 416 g/mol. The summed E-state index contributed by atoms with van der Waals surface area (Å²) in [6.45, 7) is 1.02. The van der Waals surface area contributed by atoms with Crippen LogP contribution in [0.15, 0.2) is 6.20 Å². The van der Waals surface area contributed by atoms with Gasteiger partial charge in [0.25, 0.3) is 0 Å². The highest BCUT2D eigenvalue weighted by molar-refractivity contribution is 14.1. The van der Waals surface area contributed by atoms with E-state index in [-0.39, 0.29) is 30.5 Å². The van der Waals surface area contributed by atoms with E-state index in [0.717, 1.165) is 0 Å². The van der Waals surface area contributed by atoms with Gasteiger partial charge in [-0.05, 0) is 22.6 Å². The van der Waals surface area contributed by atoms with Gasteiger partial charge in [0.05, 0.1) is 10.2 Å². The highest BCUT2D eigenvalue weighted by Gasteiger charge is 2.53. The Balaban J connectivity index is 0.00000161. The molecule has 3 rings (SSSR count). The molecule has 10 heteroatoms. The largest absolute Gasteiger partial charge is 0.456 e. The van der Waals surface area contributed by atoms with Crippen LogP contribution in [0.3, 0.4) is 0 Å². The van der Waals surface area contributed by atoms with Crippen LogP contribution in [-0.2, 0) is 14.3 Å². The maximum Gasteiger partial charge on any atom is 0.303 e. The van der Waals surface area contributed by atoms with Crippen LogP contribution < -0.4 is 10.2 Å². The number of rotatable bonds is 2. The lowest BCUT2D eigenvalue weighted by atomic mass is 10.1. The molecule has 2 aliphatic heterocycles. The number of carbonyl (C=O) groups excluding carboxylic acids is 1. The molecule has 2 N–H and O–H groups in total. The molecule has 1 aromatic heterocycles. The molecule has 0 radical (unpaired) electrons. The molecule has 1 saturated heterocycles. The molecule has 21 heavy (non-hydrogen) atoms. The summed E-state index contributed by atoms with van der Waals surface area (Å²) in [4.78, 5) is 15.2. The Bertz CT molecular complexity index is 624. The van der Waals surface area contributed by atoms with Crippen molar-refractivity contribution in [2.24, 2.45) is 0 Å². The number of ether oxygens (including phenoxy) is 3. The Morgan fingerprint density at radius 3 is 3.00 bits per heavy atom. The number of halogens is 2. The van der Waals surface area contributed by atoms with Gasteiger partial charge in [-0.3, -0.25) is 14.8 Å². The van der Waals surface area contributed by atoms with E-state index < -0.39 is 30.5 Å². The van der Waals surface area contributed by atoms with E-state index in [0.29, 0.717) is 3.57 Å². The maximum atomic E-state index is 11.2. The lowest BCUT2D eigenvalue weighted by molar-refractivity contribution is -0.153. The molecule has 0 aliphatic carbocycles. The van der Waals surface area contributed by atoms with Gasteiger partial charge in [0.2, 0.25) is 0 Å². The molecule has 4 atom stereocenters. The van der Waals surface area contributed by atoms with E-state index in [1.165, 1.54) is 6.92 Å². The average Bonchev–Trinajstić information content (AvgIpc) is 2.87. The number of fused-ring (bicyclic) bond motifs is 3. The lowest BCUT2D eigenvalue weighted by Gasteiger charge is -2.19. The second kappa shape index (κ2) is 6.07. The summed E-state index contributed by atoms with van der Waals surface area (Å²) in [6.07, 6.45) is -0.728. The molecular formula is C11H13ClIN3O5. The number of hydrogen-bond donors (Lipinski definition) is 2. The van der Waals surface area contributed by atoms with Crippen molar-refractivity contribution in [2.45, 2.75) is 31.5 Å². The van der Waals surface area contributed by atoms with Crippen molar-refractivity contribution in [1.82, 2.24) is 9.55 Å². The molecule has 0 saturated carbocycles. The Labute approximate surface area is 139 Å². The third-order valence-electron chi connectivity index (χ3n) is 3.19. The van der Waals surface area contributed by atoms with Crippen LogP contribution in [0.25, 0.3) is 0 Å². The van der Waals surface area contributed by atoms with Gasteiger partial charge in [0.15, 0.2) is 23.9 Å². The van der Waals surface area contributed by atoms with Gasteiger partial charge in [-0.15, -0.1) is 12.4 Å². The van der Waals surface area contributed by atoms with Gasteiger partial charge in [-0.2, -0.15) is 4.98 Å². The standard InChI is InChI=1S/C11H12IN3O5.ClH/c1-4(17)18-7-6(3-16)19-10-8(7)20-11-14-9(13)5(12)2-15(10)11;/h2,6-8,10,13,16H,3H2,1H3;1H/t6-,7-,8+,10-;/m1./s1. The number of aromatic nitrogens is 2. The number of nitrogens with zero attached hydrogens (tertiary/aromatic N) is 2. The minimum atomic E-state index is -0.698. The number of carbonyl (C=O) groups is 1. The zero-order valence-electron chi connectivity index (χ0n) is 10.9. The molecule has 0 aromatic carbocycles. The molecule has 2 aliphatic rings. The van der Waals surface area contributed by atoms with Crippen molar-refractivity contribution in [1.29, 1.82) is 5.41 Å². The van der Waals surface area contributed by atoms with Gasteiger partial charge >= 0.3 is 12.0 Å². The first kappa shape index (κ1) is 16.5. The summed E-state index contributed by atoms with van der Waals surface area (Å²) < 4.78 is 18.8. The van der Waals surface area contributed by atoms with Gasteiger partial charge in [-0.25, -0.2) is 0 Å². The zero-order chi connectivity index (χ0) is 14.4. The first-order valence-electron chi connectivity index (χ1n) is 5.94. The molecule has 1 aromatic rings. The number of aliphatic hydroxyl groups excluding tert-OH is 1. The van der Waals surface area contributed by atoms with Crippen LogP contribution in [0.1, 0.15) is 13.2 Å². The topological polar surface area (TPSA) is 107 Å². The van der Waals surface area contributed by atoms with Crippen molar-refractivity contribution in [3.8, 4) is 6.01 Å². The Hall–Kier alpha value is -0.910. The SMILES string of the molecule is CC(=O)O[C@H]1[C@@H]2Oc3nc(=N)c(I)cn3[C@@H]2O[C@@H]1CO.Cl. The van der Waals surface area contributed by atoms with Crippen molar-refractivity contribution in [3.05, 3.63) is 15.3 Å². The summed E-state index contributed by atoms with van der Waals surface area (Å²) in [6, 6.07) is 0.249. The maximum absolute atomic E-state index is 11.2. The first-order chi connectivity index (χ1) is 9.51. The van der Waals surface area contributed by atoms with Gasteiger partial charge in [0, 0.05) is 13.1 Å². The van der Waals surface area contributed by atoms with E-state index in [1.54, 1.807) is 10.8 Å². The fourth-order valence-corrected chi connectivity index (χ4v) is 2.80. The average molecular weight is 430 g/mol. The molecule has 1 fully saturated rings. The first-order valence-corrected chi connectivity index (χ1v) is 7.02. The quantitative estimate of drug-likeness (QED) is 0.505. The monoisotopic (exact) mass is 429 g/mol. The Morgan fingerprint density at radius 1 is 1.67 bits per heavy atom. The van der Waals surface area contributed by atoms with Crippen molar-refractivity contribution >= 4 is 41.0 Å². The lowest BCUT2D eigenvalue weighted by Crippen LogP contribution is -2.38. The number of hydrogen-bond acceptors (Lipinski definition) is 7. The Kier molecular flexibility index (Phi) is 4.76. The van der Waals surface area contributed by atoms with Gasteiger partial charge < -0.3 is 19.3 Å². The third-order valence-corrected chi connectivity index (χ3v) is 3.98. The molecule has 0 amide bonds. The summed E-state index contributed by atoms with van der Waals surface area (Å²) in [5, 5.41) is 17.0. The van der Waals surface area contributed by atoms with Gasteiger partial charge in [0.1, 0.15) is 6.10 Å². The minimum Gasteiger partial charge on any atom is -0.456 e. The number of aliphatic hydroxyl groups is 1. The Morgan fingerprint density at radius 2 is 2.38 bits per heavy atom. The number of nitrogens with one attached hydrogen (secondary N) is 1. The number of esters is 1.